The van der Waals surface area contributed by atoms with Crippen molar-refractivity contribution in [2.45, 2.75) is 43.7 Å². The molecule has 2 N–H and O–H groups in total. The Hall–Kier alpha value is -0.180. The highest BCUT2D eigenvalue weighted by molar-refractivity contribution is 14.0. The Bertz CT molecular complexity index is 516. The molecule has 0 aliphatic carbocycles. The summed E-state index contributed by atoms with van der Waals surface area (Å²) in [5.41, 5.74) is 0. The van der Waals surface area contributed by atoms with Gasteiger partial charge < -0.3 is 15.5 Å². The molecule has 1 aromatic rings. The van der Waals surface area contributed by atoms with Gasteiger partial charge >= 0.3 is 0 Å². The first-order valence-corrected chi connectivity index (χ1v) is 10.0. The molecule has 0 saturated carbocycles. The van der Waals surface area contributed by atoms with Crippen molar-refractivity contribution in [3.63, 3.8) is 0 Å². The number of benzene rings is 1. The van der Waals surface area contributed by atoms with E-state index in [0.29, 0.717) is 12.1 Å². The van der Waals surface area contributed by atoms with Crippen LogP contribution in [-0.4, -0.2) is 55.4 Å². The maximum absolute atomic E-state index is 5.90. The Kier molecular flexibility index (Phi) is 11.2. The number of halogens is 2. The minimum atomic E-state index is 0. The normalized spacial score (nSPS) is 16.6. The van der Waals surface area contributed by atoms with E-state index in [1.807, 2.05) is 30.9 Å². The van der Waals surface area contributed by atoms with E-state index in [0.717, 1.165) is 23.3 Å². The Balaban J connectivity index is 0.00000312. The lowest BCUT2D eigenvalue weighted by molar-refractivity contribution is 0.167. The third kappa shape index (κ3) is 8.37. The van der Waals surface area contributed by atoms with Crippen molar-refractivity contribution in [3.05, 3.63) is 29.3 Å². The zero-order chi connectivity index (χ0) is 17.4. The van der Waals surface area contributed by atoms with Crippen molar-refractivity contribution in [2.24, 2.45) is 4.99 Å². The molecular formula is C18H30ClIN4S. The van der Waals surface area contributed by atoms with Gasteiger partial charge in [-0.05, 0) is 51.0 Å². The predicted octanol–water partition coefficient (Wildman–Crippen LogP) is 4.09. The van der Waals surface area contributed by atoms with Crippen LogP contribution in [0.4, 0.5) is 0 Å². The van der Waals surface area contributed by atoms with Crippen LogP contribution >= 0.6 is 47.3 Å². The molecule has 0 bridgehead atoms. The quantitative estimate of drug-likeness (QED) is 0.205. The second-order valence-electron chi connectivity index (χ2n) is 6.35. The summed E-state index contributed by atoms with van der Waals surface area (Å²) >= 11 is 7.72. The number of thioether (sulfide) groups is 1. The summed E-state index contributed by atoms with van der Waals surface area (Å²) in [6, 6.07) is 9.15. The average Bonchev–Trinajstić information content (AvgIpc) is 2.59. The standard InChI is InChI=1S/C18H29ClN4S.HI/c1-14(2)23-11-8-16(9-12-23)22-18(20-3)21-10-13-24-17-6-4-15(19)5-7-17;/h4-7,14,16H,8-13H2,1-3H3,(H2,20,21,22);1H. The Morgan fingerprint density at radius 1 is 1.28 bits per heavy atom. The maximum atomic E-state index is 5.90. The molecule has 0 aromatic heterocycles. The van der Waals surface area contributed by atoms with E-state index >= 15 is 0 Å². The van der Waals surface area contributed by atoms with E-state index in [2.05, 4.69) is 46.5 Å². The van der Waals surface area contributed by atoms with Gasteiger partial charge in [0.25, 0.3) is 0 Å². The number of hydrogen-bond donors (Lipinski definition) is 2. The van der Waals surface area contributed by atoms with Crippen LogP contribution in [0.5, 0.6) is 0 Å². The number of nitrogens with one attached hydrogen (secondary N) is 2. The minimum Gasteiger partial charge on any atom is -0.356 e. The number of likely N-dealkylation sites (tertiary alicyclic amines) is 1. The van der Waals surface area contributed by atoms with Gasteiger partial charge in [-0.3, -0.25) is 4.99 Å². The molecule has 0 spiro atoms. The highest BCUT2D eigenvalue weighted by atomic mass is 127. The number of hydrogen-bond acceptors (Lipinski definition) is 3. The average molecular weight is 497 g/mol. The maximum Gasteiger partial charge on any atom is 0.191 e. The van der Waals surface area contributed by atoms with Gasteiger partial charge in [-0.15, -0.1) is 35.7 Å². The number of piperidine rings is 1. The first kappa shape index (κ1) is 22.9. The van der Waals surface area contributed by atoms with Crippen LogP contribution in [0.15, 0.2) is 34.2 Å². The highest BCUT2D eigenvalue weighted by Gasteiger charge is 2.21. The van der Waals surface area contributed by atoms with Crippen molar-refractivity contribution >= 4 is 53.3 Å². The lowest BCUT2D eigenvalue weighted by atomic mass is 10.0. The Morgan fingerprint density at radius 3 is 2.48 bits per heavy atom. The largest absolute Gasteiger partial charge is 0.356 e. The Morgan fingerprint density at radius 2 is 1.92 bits per heavy atom. The molecular weight excluding hydrogens is 467 g/mol. The van der Waals surface area contributed by atoms with E-state index in [-0.39, 0.29) is 24.0 Å². The van der Waals surface area contributed by atoms with E-state index in [1.54, 1.807) is 0 Å². The minimum absolute atomic E-state index is 0. The lowest BCUT2D eigenvalue weighted by Gasteiger charge is -2.35. The molecule has 7 heteroatoms. The zero-order valence-electron chi connectivity index (χ0n) is 15.3. The summed E-state index contributed by atoms with van der Waals surface area (Å²) in [6.45, 7) is 7.76. The molecule has 25 heavy (non-hydrogen) atoms. The first-order valence-electron chi connectivity index (χ1n) is 8.68. The van der Waals surface area contributed by atoms with Crippen LogP contribution in [-0.2, 0) is 0 Å². The van der Waals surface area contributed by atoms with Crippen molar-refractivity contribution in [1.82, 2.24) is 15.5 Å². The molecule has 0 unspecified atom stereocenters. The summed E-state index contributed by atoms with van der Waals surface area (Å²) in [4.78, 5) is 8.13. The van der Waals surface area contributed by atoms with E-state index < -0.39 is 0 Å². The van der Waals surface area contributed by atoms with Crippen LogP contribution in [0.2, 0.25) is 5.02 Å². The molecule has 1 fully saturated rings. The van der Waals surface area contributed by atoms with Crippen LogP contribution in [0.25, 0.3) is 0 Å². The molecule has 1 aliphatic rings. The van der Waals surface area contributed by atoms with Crippen LogP contribution < -0.4 is 10.6 Å². The molecule has 0 atom stereocenters. The number of guanidine groups is 1. The summed E-state index contributed by atoms with van der Waals surface area (Å²) < 4.78 is 0. The van der Waals surface area contributed by atoms with Gasteiger partial charge in [-0.25, -0.2) is 0 Å². The summed E-state index contributed by atoms with van der Waals surface area (Å²) in [6.07, 6.45) is 2.36. The highest BCUT2D eigenvalue weighted by Crippen LogP contribution is 2.19. The fraction of sp³-hybridized carbons (Fsp3) is 0.611. The third-order valence-electron chi connectivity index (χ3n) is 4.30. The van der Waals surface area contributed by atoms with Crippen molar-refractivity contribution in [3.8, 4) is 0 Å². The van der Waals surface area contributed by atoms with E-state index in [9.17, 15) is 0 Å². The fourth-order valence-corrected chi connectivity index (χ4v) is 3.71. The van der Waals surface area contributed by atoms with Gasteiger partial charge in [0.15, 0.2) is 5.96 Å². The third-order valence-corrected chi connectivity index (χ3v) is 5.57. The van der Waals surface area contributed by atoms with Crippen molar-refractivity contribution in [1.29, 1.82) is 0 Å². The van der Waals surface area contributed by atoms with Gasteiger partial charge in [0, 0.05) is 54.4 Å². The second-order valence-corrected chi connectivity index (χ2v) is 7.95. The van der Waals surface area contributed by atoms with Crippen LogP contribution in [0, 0.1) is 0 Å². The number of aliphatic imine (C=N–C) groups is 1. The van der Waals surface area contributed by atoms with E-state index in [1.165, 1.54) is 30.8 Å². The monoisotopic (exact) mass is 496 g/mol. The first-order chi connectivity index (χ1) is 11.6. The number of nitrogens with zero attached hydrogens (tertiary/aromatic N) is 2. The fourth-order valence-electron chi connectivity index (χ4n) is 2.82. The molecule has 1 aliphatic heterocycles. The molecule has 0 radical (unpaired) electrons. The smallest absolute Gasteiger partial charge is 0.191 e. The summed E-state index contributed by atoms with van der Waals surface area (Å²) in [5.74, 6) is 1.91. The van der Waals surface area contributed by atoms with Crippen LogP contribution in [0.1, 0.15) is 26.7 Å². The molecule has 1 heterocycles. The summed E-state index contributed by atoms with van der Waals surface area (Å²) in [5, 5.41) is 7.75. The van der Waals surface area contributed by atoms with Crippen molar-refractivity contribution in [2.75, 3.05) is 32.4 Å². The molecule has 1 aromatic carbocycles. The van der Waals surface area contributed by atoms with Crippen molar-refractivity contribution < 1.29 is 0 Å². The molecule has 4 nitrogen and oxygen atoms in total. The number of rotatable bonds is 6. The van der Waals surface area contributed by atoms with Gasteiger partial charge in [-0.1, -0.05) is 11.6 Å². The van der Waals surface area contributed by atoms with Crippen LogP contribution in [0.3, 0.4) is 0 Å². The summed E-state index contributed by atoms with van der Waals surface area (Å²) in [7, 11) is 1.84. The second kappa shape index (κ2) is 12.3. The zero-order valence-corrected chi connectivity index (χ0v) is 19.2. The topological polar surface area (TPSA) is 39.7 Å². The molecule has 0 amide bonds. The predicted molar refractivity (Wildman–Crippen MR) is 122 cm³/mol. The van der Waals surface area contributed by atoms with Gasteiger partial charge in [0.2, 0.25) is 0 Å². The Labute approximate surface area is 178 Å². The van der Waals surface area contributed by atoms with Gasteiger partial charge in [-0.2, -0.15) is 0 Å². The van der Waals surface area contributed by atoms with E-state index in [4.69, 9.17) is 11.6 Å². The van der Waals surface area contributed by atoms with Gasteiger partial charge in [0.05, 0.1) is 0 Å². The molecule has 1 saturated heterocycles. The SMILES string of the molecule is CN=C(NCCSc1ccc(Cl)cc1)NC1CCN(C(C)C)CC1.I. The lowest BCUT2D eigenvalue weighted by Crippen LogP contribution is -2.50. The molecule has 142 valence electrons. The molecule has 2 rings (SSSR count). The van der Waals surface area contributed by atoms with Gasteiger partial charge in [0.1, 0.15) is 0 Å².